The van der Waals surface area contributed by atoms with Gasteiger partial charge in [0.1, 0.15) is 0 Å². The first-order chi connectivity index (χ1) is 7.29. The van der Waals surface area contributed by atoms with Gasteiger partial charge in [0.25, 0.3) is 0 Å². The monoisotopic (exact) mass is 206 g/mol. The lowest BCUT2D eigenvalue weighted by Gasteiger charge is -2.33. The molecule has 1 fully saturated rings. The summed E-state index contributed by atoms with van der Waals surface area (Å²) in [5.41, 5.74) is 0.972. The molecule has 82 valence electrons. The largest absolute Gasteiger partial charge is 0.394 e. The van der Waals surface area contributed by atoms with Gasteiger partial charge in [-0.05, 0) is 18.4 Å². The first-order valence-corrected chi connectivity index (χ1v) is 5.64. The summed E-state index contributed by atoms with van der Waals surface area (Å²) in [7, 11) is 0. The van der Waals surface area contributed by atoms with E-state index in [0.717, 1.165) is 25.7 Å². The van der Waals surface area contributed by atoms with Crippen molar-refractivity contribution in [3.63, 3.8) is 0 Å². The molecule has 2 rings (SSSR count). The van der Waals surface area contributed by atoms with Gasteiger partial charge in [0.05, 0.1) is 12.7 Å². The topological polar surface area (TPSA) is 40.5 Å². The maximum atomic E-state index is 10.0. The zero-order chi connectivity index (χ0) is 10.7. The fourth-order valence-corrected chi connectivity index (χ4v) is 2.77. The van der Waals surface area contributed by atoms with E-state index in [2.05, 4.69) is 12.1 Å². The molecule has 2 N–H and O–H groups in total. The van der Waals surface area contributed by atoms with Crippen LogP contribution in [0.3, 0.4) is 0 Å². The normalized spacial score (nSPS) is 21.5. The van der Waals surface area contributed by atoms with Crippen LogP contribution in [0.2, 0.25) is 0 Å². The summed E-state index contributed by atoms with van der Waals surface area (Å²) in [6, 6.07) is 10.1. The molecule has 2 heteroatoms. The lowest BCUT2D eigenvalue weighted by atomic mass is 9.74. The van der Waals surface area contributed by atoms with E-state index in [4.69, 9.17) is 0 Å². The van der Waals surface area contributed by atoms with Gasteiger partial charge in [0.15, 0.2) is 0 Å². The highest BCUT2D eigenvalue weighted by Crippen LogP contribution is 2.43. The molecule has 1 saturated carbocycles. The van der Waals surface area contributed by atoms with Crippen molar-refractivity contribution in [1.29, 1.82) is 0 Å². The van der Waals surface area contributed by atoms with E-state index in [-0.39, 0.29) is 12.0 Å². The molecule has 0 heterocycles. The second kappa shape index (κ2) is 4.33. The van der Waals surface area contributed by atoms with Gasteiger partial charge in [-0.25, -0.2) is 0 Å². The molecule has 1 atom stereocenters. The molecule has 0 amide bonds. The van der Waals surface area contributed by atoms with Crippen LogP contribution in [0.1, 0.15) is 31.2 Å². The molecule has 0 aromatic heterocycles. The van der Waals surface area contributed by atoms with E-state index in [1.807, 2.05) is 18.2 Å². The van der Waals surface area contributed by atoms with Gasteiger partial charge < -0.3 is 10.2 Å². The van der Waals surface area contributed by atoms with Crippen LogP contribution in [0.4, 0.5) is 0 Å². The van der Waals surface area contributed by atoms with Crippen molar-refractivity contribution in [1.82, 2.24) is 0 Å². The summed E-state index contributed by atoms with van der Waals surface area (Å²) in [6.07, 6.45) is 3.64. The summed E-state index contributed by atoms with van der Waals surface area (Å²) in [4.78, 5) is 0. The molecule has 0 saturated heterocycles. The first kappa shape index (κ1) is 10.7. The number of benzene rings is 1. The van der Waals surface area contributed by atoms with Crippen molar-refractivity contribution in [3.8, 4) is 0 Å². The average molecular weight is 206 g/mol. The van der Waals surface area contributed by atoms with Gasteiger partial charge in [0.2, 0.25) is 0 Å². The summed E-state index contributed by atoms with van der Waals surface area (Å²) in [5.74, 6) is 0. The molecule has 1 aliphatic rings. The fourth-order valence-electron chi connectivity index (χ4n) is 2.77. The van der Waals surface area contributed by atoms with Crippen LogP contribution >= 0.6 is 0 Å². The third-order valence-electron chi connectivity index (χ3n) is 3.66. The smallest absolute Gasteiger partial charge is 0.0867 e. The standard InChI is InChI=1S/C13H18O2/c14-10-12(15)13(8-4-5-9-13)11-6-2-1-3-7-11/h1-3,6-7,12,14-15H,4-5,8-10H2. The van der Waals surface area contributed by atoms with Crippen molar-refractivity contribution in [3.05, 3.63) is 35.9 Å². The van der Waals surface area contributed by atoms with Crippen LogP contribution in [-0.2, 0) is 5.41 Å². The third kappa shape index (κ3) is 1.80. The Morgan fingerprint density at radius 1 is 1.13 bits per heavy atom. The zero-order valence-corrected chi connectivity index (χ0v) is 8.89. The van der Waals surface area contributed by atoms with E-state index >= 15 is 0 Å². The van der Waals surface area contributed by atoms with Crippen LogP contribution in [-0.4, -0.2) is 22.9 Å². The van der Waals surface area contributed by atoms with Gasteiger partial charge >= 0.3 is 0 Å². The second-order valence-corrected chi connectivity index (χ2v) is 4.43. The molecule has 0 aliphatic heterocycles. The highest BCUT2D eigenvalue weighted by Gasteiger charge is 2.41. The first-order valence-electron chi connectivity index (χ1n) is 5.64. The van der Waals surface area contributed by atoms with Gasteiger partial charge in [-0.1, -0.05) is 43.2 Å². The Labute approximate surface area is 90.6 Å². The predicted molar refractivity (Wildman–Crippen MR) is 59.7 cm³/mol. The van der Waals surface area contributed by atoms with Gasteiger partial charge in [-0.15, -0.1) is 0 Å². The minimum atomic E-state index is -0.623. The number of hydrogen-bond donors (Lipinski definition) is 2. The number of hydrogen-bond acceptors (Lipinski definition) is 2. The number of aliphatic hydroxyl groups is 2. The molecule has 0 radical (unpaired) electrons. The maximum Gasteiger partial charge on any atom is 0.0867 e. The Hall–Kier alpha value is -0.860. The average Bonchev–Trinajstić information content (AvgIpc) is 2.79. The highest BCUT2D eigenvalue weighted by atomic mass is 16.3. The molecular formula is C13H18O2. The Bertz CT molecular complexity index is 302. The quantitative estimate of drug-likeness (QED) is 0.792. The Balaban J connectivity index is 2.35. The molecule has 1 aliphatic carbocycles. The SMILES string of the molecule is OCC(O)C1(c2ccccc2)CCCC1. The van der Waals surface area contributed by atoms with Crippen LogP contribution < -0.4 is 0 Å². The lowest BCUT2D eigenvalue weighted by molar-refractivity contribution is 0.0287. The maximum absolute atomic E-state index is 10.0. The fraction of sp³-hybridized carbons (Fsp3) is 0.538. The van der Waals surface area contributed by atoms with Gasteiger partial charge in [0, 0.05) is 5.41 Å². The third-order valence-corrected chi connectivity index (χ3v) is 3.66. The van der Waals surface area contributed by atoms with Gasteiger partial charge in [-0.2, -0.15) is 0 Å². The summed E-state index contributed by atoms with van der Waals surface area (Å²) >= 11 is 0. The lowest BCUT2D eigenvalue weighted by Crippen LogP contribution is -2.39. The van der Waals surface area contributed by atoms with Crippen LogP contribution in [0.15, 0.2) is 30.3 Å². The minimum Gasteiger partial charge on any atom is -0.394 e. The molecule has 1 aromatic carbocycles. The Morgan fingerprint density at radius 3 is 2.27 bits per heavy atom. The minimum absolute atomic E-state index is 0.144. The highest BCUT2D eigenvalue weighted by molar-refractivity contribution is 5.28. The van der Waals surface area contributed by atoms with Crippen LogP contribution in [0, 0.1) is 0 Å². The Morgan fingerprint density at radius 2 is 1.73 bits per heavy atom. The van der Waals surface area contributed by atoms with Crippen LogP contribution in [0.25, 0.3) is 0 Å². The second-order valence-electron chi connectivity index (χ2n) is 4.43. The van der Waals surface area contributed by atoms with Crippen LogP contribution in [0.5, 0.6) is 0 Å². The molecule has 0 bridgehead atoms. The van der Waals surface area contributed by atoms with Crippen molar-refractivity contribution in [2.75, 3.05) is 6.61 Å². The van der Waals surface area contributed by atoms with E-state index in [9.17, 15) is 10.2 Å². The molecule has 2 nitrogen and oxygen atoms in total. The summed E-state index contributed by atoms with van der Waals surface area (Å²) in [5, 5.41) is 19.2. The molecule has 1 aromatic rings. The van der Waals surface area contributed by atoms with E-state index in [0.29, 0.717) is 0 Å². The number of aliphatic hydroxyl groups excluding tert-OH is 2. The van der Waals surface area contributed by atoms with E-state index < -0.39 is 6.10 Å². The van der Waals surface area contributed by atoms with Crippen molar-refractivity contribution in [2.45, 2.75) is 37.2 Å². The van der Waals surface area contributed by atoms with Crippen molar-refractivity contribution in [2.24, 2.45) is 0 Å². The van der Waals surface area contributed by atoms with Gasteiger partial charge in [-0.3, -0.25) is 0 Å². The molecule has 0 spiro atoms. The van der Waals surface area contributed by atoms with Crippen molar-refractivity contribution < 1.29 is 10.2 Å². The van der Waals surface area contributed by atoms with E-state index in [1.165, 1.54) is 5.56 Å². The predicted octanol–water partition coefficient (Wildman–Crippen LogP) is 1.85. The summed E-state index contributed by atoms with van der Waals surface area (Å²) in [6.45, 7) is -0.144. The summed E-state index contributed by atoms with van der Waals surface area (Å²) < 4.78 is 0. The zero-order valence-electron chi connectivity index (χ0n) is 8.89. The molecule has 1 unspecified atom stereocenters. The molecular weight excluding hydrogens is 188 g/mol. The van der Waals surface area contributed by atoms with E-state index in [1.54, 1.807) is 0 Å². The number of rotatable bonds is 3. The molecule has 15 heavy (non-hydrogen) atoms. The Kier molecular flexibility index (Phi) is 3.08. The van der Waals surface area contributed by atoms with Crippen molar-refractivity contribution >= 4 is 0 Å².